The van der Waals surface area contributed by atoms with E-state index in [1.165, 1.54) is 0 Å². The van der Waals surface area contributed by atoms with E-state index in [4.69, 9.17) is 5.73 Å². The smallest absolute Gasteiger partial charge is 0.284 e. The number of imidazole rings is 1. The Morgan fingerprint density at radius 1 is 1.44 bits per heavy atom. The molecule has 1 amide bonds. The van der Waals surface area contributed by atoms with Crippen LogP contribution in [0, 0.1) is 6.92 Å². The number of amides is 1. The maximum Gasteiger partial charge on any atom is 0.284 e. The van der Waals surface area contributed by atoms with Crippen LogP contribution < -0.4 is 5.73 Å². The first kappa shape index (κ1) is 10.4. The molecule has 0 saturated heterocycles. The van der Waals surface area contributed by atoms with Gasteiger partial charge in [0.05, 0.1) is 5.69 Å². The molecule has 0 bridgehead atoms. The van der Waals surface area contributed by atoms with E-state index in [0.29, 0.717) is 0 Å². The number of hydrogen-bond acceptors (Lipinski definition) is 2. The number of aromatic nitrogens is 2. The Kier molecular flexibility index (Phi) is 2.48. The lowest BCUT2D eigenvalue weighted by atomic mass is 10.1. The molecule has 0 aliphatic carbocycles. The summed E-state index contributed by atoms with van der Waals surface area (Å²) in [5.74, 6) is -0.238. The van der Waals surface area contributed by atoms with Crippen LogP contribution >= 0.6 is 0 Å². The van der Waals surface area contributed by atoms with E-state index < -0.39 is 5.91 Å². The summed E-state index contributed by atoms with van der Waals surface area (Å²) < 4.78 is 1.64. The van der Waals surface area contributed by atoms with Crippen molar-refractivity contribution in [3.8, 4) is 11.3 Å². The van der Waals surface area contributed by atoms with Crippen LogP contribution in [-0.4, -0.2) is 15.5 Å². The average Bonchev–Trinajstić information content (AvgIpc) is 2.60. The van der Waals surface area contributed by atoms with Gasteiger partial charge in [0, 0.05) is 18.8 Å². The van der Waals surface area contributed by atoms with Gasteiger partial charge in [0.2, 0.25) is 0 Å². The number of rotatable bonds is 2. The zero-order valence-corrected chi connectivity index (χ0v) is 9.27. The summed E-state index contributed by atoms with van der Waals surface area (Å²) in [4.78, 5) is 15.3. The molecule has 0 saturated carbocycles. The minimum absolute atomic E-state index is 0.275. The first-order valence-corrected chi connectivity index (χ1v) is 4.98. The standard InChI is InChI=1S/C12H13N3O/c1-8-4-3-5-9(6-8)10-7-15(2)12(14-10)11(13)16/h3-7H,1-2H3,(H2,13,16). The lowest BCUT2D eigenvalue weighted by molar-refractivity contribution is 0.0987. The van der Waals surface area contributed by atoms with E-state index in [2.05, 4.69) is 4.98 Å². The third-order valence-corrected chi connectivity index (χ3v) is 2.41. The van der Waals surface area contributed by atoms with Crippen LogP contribution in [0.2, 0.25) is 0 Å². The van der Waals surface area contributed by atoms with Crippen molar-refractivity contribution in [2.24, 2.45) is 12.8 Å². The van der Waals surface area contributed by atoms with Crippen molar-refractivity contribution in [2.45, 2.75) is 6.92 Å². The fourth-order valence-corrected chi connectivity index (χ4v) is 1.64. The summed E-state index contributed by atoms with van der Waals surface area (Å²) in [7, 11) is 1.76. The lowest BCUT2D eigenvalue weighted by Gasteiger charge is -1.97. The molecule has 16 heavy (non-hydrogen) atoms. The van der Waals surface area contributed by atoms with Crippen LogP contribution in [0.15, 0.2) is 30.5 Å². The number of benzene rings is 1. The molecule has 0 aliphatic rings. The van der Waals surface area contributed by atoms with Gasteiger partial charge >= 0.3 is 0 Å². The number of nitrogens with zero attached hydrogens (tertiary/aromatic N) is 2. The summed E-state index contributed by atoms with van der Waals surface area (Å²) in [6, 6.07) is 7.96. The van der Waals surface area contributed by atoms with E-state index in [-0.39, 0.29) is 5.82 Å². The van der Waals surface area contributed by atoms with Crippen LogP contribution in [0.3, 0.4) is 0 Å². The van der Waals surface area contributed by atoms with Gasteiger partial charge in [-0.15, -0.1) is 0 Å². The summed E-state index contributed by atoms with van der Waals surface area (Å²) in [6.07, 6.45) is 1.80. The molecular weight excluding hydrogens is 202 g/mol. The fourth-order valence-electron chi connectivity index (χ4n) is 1.64. The Labute approximate surface area is 93.7 Å². The van der Waals surface area contributed by atoms with Crippen LogP contribution in [0.25, 0.3) is 11.3 Å². The van der Waals surface area contributed by atoms with Crippen molar-refractivity contribution in [1.29, 1.82) is 0 Å². The third-order valence-electron chi connectivity index (χ3n) is 2.41. The molecule has 4 nitrogen and oxygen atoms in total. The number of carbonyl (C=O) groups is 1. The summed E-state index contributed by atoms with van der Waals surface area (Å²) in [5, 5.41) is 0. The molecule has 0 unspecified atom stereocenters. The minimum Gasteiger partial charge on any atom is -0.363 e. The van der Waals surface area contributed by atoms with E-state index in [1.807, 2.05) is 31.2 Å². The SMILES string of the molecule is Cc1cccc(-c2cn(C)c(C(N)=O)n2)c1. The largest absolute Gasteiger partial charge is 0.363 e. The topological polar surface area (TPSA) is 60.9 Å². The van der Waals surface area contributed by atoms with E-state index >= 15 is 0 Å². The van der Waals surface area contributed by atoms with Crippen molar-refractivity contribution in [3.63, 3.8) is 0 Å². The highest BCUT2D eigenvalue weighted by atomic mass is 16.1. The first-order valence-electron chi connectivity index (χ1n) is 4.98. The van der Waals surface area contributed by atoms with Crippen LogP contribution in [0.4, 0.5) is 0 Å². The molecule has 1 heterocycles. The summed E-state index contributed by atoms with van der Waals surface area (Å²) in [6.45, 7) is 2.02. The highest BCUT2D eigenvalue weighted by Crippen LogP contribution is 2.19. The molecule has 2 rings (SSSR count). The Morgan fingerprint density at radius 2 is 2.19 bits per heavy atom. The molecule has 82 valence electrons. The Bertz CT molecular complexity index is 543. The Morgan fingerprint density at radius 3 is 2.75 bits per heavy atom. The van der Waals surface area contributed by atoms with Crippen LogP contribution in [0.5, 0.6) is 0 Å². The molecule has 4 heteroatoms. The molecule has 1 aromatic carbocycles. The van der Waals surface area contributed by atoms with E-state index in [0.717, 1.165) is 16.8 Å². The lowest BCUT2D eigenvalue weighted by Crippen LogP contribution is -2.16. The van der Waals surface area contributed by atoms with Gasteiger partial charge in [-0.25, -0.2) is 4.98 Å². The van der Waals surface area contributed by atoms with Crippen LogP contribution in [0.1, 0.15) is 16.2 Å². The zero-order valence-electron chi connectivity index (χ0n) is 9.27. The summed E-state index contributed by atoms with van der Waals surface area (Å²) in [5.41, 5.74) is 8.12. The monoisotopic (exact) mass is 215 g/mol. The highest BCUT2D eigenvalue weighted by molar-refractivity contribution is 5.90. The van der Waals surface area contributed by atoms with Crippen molar-refractivity contribution < 1.29 is 4.79 Å². The highest BCUT2D eigenvalue weighted by Gasteiger charge is 2.11. The molecule has 0 radical (unpaired) electrons. The van der Waals surface area contributed by atoms with Gasteiger partial charge in [0.15, 0.2) is 5.82 Å². The Balaban J connectivity index is 2.49. The van der Waals surface area contributed by atoms with Crippen molar-refractivity contribution >= 4 is 5.91 Å². The molecule has 2 N–H and O–H groups in total. The van der Waals surface area contributed by atoms with E-state index in [1.54, 1.807) is 17.8 Å². The molecule has 0 spiro atoms. The van der Waals surface area contributed by atoms with Gasteiger partial charge in [-0.1, -0.05) is 23.8 Å². The number of carbonyl (C=O) groups excluding carboxylic acids is 1. The number of aryl methyl sites for hydroxylation is 2. The Hall–Kier alpha value is -2.10. The first-order chi connectivity index (χ1) is 7.58. The number of hydrogen-bond donors (Lipinski definition) is 1. The van der Waals surface area contributed by atoms with Gasteiger partial charge in [0.25, 0.3) is 5.91 Å². The summed E-state index contributed by atoms with van der Waals surface area (Å²) >= 11 is 0. The van der Waals surface area contributed by atoms with Gasteiger partial charge in [-0.2, -0.15) is 0 Å². The maximum absolute atomic E-state index is 11.1. The zero-order chi connectivity index (χ0) is 11.7. The van der Waals surface area contributed by atoms with Crippen molar-refractivity contribution in [1.82, 2.24) is 9.55 Å². The average molecular weight is 215 g/mol. The second-order valence-electron chi connectivity index (χ2n) is 3.79. The number of nitrogens with two attached hydrogens (primary N) is 1. The maximum atomic E-state index is 11.1. The van der Waals surface area contributed by atoms with Crippen LogP contribution in [-0.2, 0) is 7.05 Å². The molecule has 0 fully saturated rings. The van der Waals surface area contributed by atoms with Gasteiger partial charge in [0.1, 0.15) is 0 Å². The minimum atomic E-state index is -0.513. The molecular formula is C12H13N3O. The number of primary amides is 1. The van der Waals surface area contributed by atoms with Crippen molar-refractivity contribution in [3.05, 3.63) is 41.9 Å². The molecule has 0 aliphatic heterocycles. The predicted octanol–water partition coefficient (Wildman–Crippen LogP) is 1.49. The molecule has 1 aromatic heterocycles. The second-order valence-corrected chi connectivity index (χ2v) is 3.79. The normalized spacial score (nSPS) is 10.4. The quantitative estimate of drug-likeness (QED) is 0.825. The second kappa shape index (κ2) is 3.81. The van der Waals surface area contributed by atoms with E-state index in [9.17, 15) is 4.79 Å². The van der Waals surface area contributed by atoms with Crippen molar-refractivity contribution in [2.75, 3.05) is 0 Å². The fraction of sp³-hybridized carbons (Fsp3) is 0.167. The molecule has 0 atom stereocenters. The predicted molar refractivity (Wildman–Crippen MR) is 61.9 cm³/mol. The van der Waals surface area contributed by atoms with Gasteiger partial charge < -0.3 is 10.3 Å². The third kappa shape index (κ3) is 1.82. The van der Waals surface area contributed by atoms with Gasteiger partial charge in [-0.3, -0.25) is 4.79 Å². The van der Waals surface area contributed by atoms with Gasteiger partial charge in [-0.05, 0) is 13.0 Å². The molecule has 2 aromatic rings.